The van der Waals surface area contributed by atoms with Crippen molar-refractivity contribution in [1.82, 2.24) is 10.2 Å². The molecule has 4 rings (SSSR count). The summed E-state index contributed by atoms with van der Waals surface area (Å²) in [6.07, 6.45) is 0. The predicted octanol–water partition coefficient (Wildman–Crippen LogP) is 4.28. The Balaban J connectivity index is 0.000000960. The zero-order chi connectivity index (χ0) is 14.2. The molecule has 2 aromatic rings. The van der Waals surface area contributed by atoms with Crippen molar-refractivity contribution >= 4 is 36.4 Å². The van der Waals surface area contributed by atoms with Crippen LogP contribution in [-0.2, 0) is 0 Å². The Kier molecular flexibility index (Phi) is 6.35. The SMILES string of the molecule is Cl.Cl.Clc1ccc([C@H]2CN3CCNC[C@H]3c3ccccc32)cc1. The Morgan fingerprint density at radius 1 is 0.957 bits per heavy atom. The highest BCUT2D eigenvalue weighted by atomic mass is 35.5. The second kappa shape index (κ2) is 7.87. The molecule has 2 aromatic carbocycles. The predicted molar refractivity (Wildman–Crippen MR) is 101 cm³/mol. The second-order valence-electron chi connectivity index (χ2n) is 5.95. The van der Waals surface area contributed by atoms with Crippen molar-refractivity contribution in [3.63, 3.8) is 0 Å². The topological polar surface area (TPSA) is 15.3 Å². The van der Waals surface area contributed by atoms with Gasteiger partial charge in [-0.1, -0.05) is 48.0 Å². The summed E-state index contributed by atoms with van der Waals surface area (Å²) in [5, 5.41) is 4.34. The van der Waals surface area contributed by atoms with E-state index in [9.17, 15) is 0 Å². The van der Waals surface area contributed by atoms with Crippen molar-refractivity contribution < 1.29 is 0 Å². The molecule has 1 fully saturated rings. The number of benzene rings is 2. The zero-order valence-corrected chi connectivity index (χ0v) is 15.1. The minimum Gasteiger partial charge on any atom is -0.314 e. The van der Waals surface area contributed by atoms with E-state index in [2.05, 4.69) is 46.6 Å². The fraction of sp³-hybridized carbons (Fsp3) is 0.333. The van der Waals surface area contributed by atoms with Gasteiger partial charge in [0.15, 0.2) is 0 Å². The molecule has 2 aliphatic heterocycles. The number of halogens is 3. The molecule has 0 spiro atoms. The van der Waals surface area contributed by atoms with Gasteiger partial charge < -0.3 is 5.32 Å². The average Bonchev–Trinajstić information content (AvgIpc) is 2.55. The molecule has 1 saturated heterocycles. The minimum absolute atomic E-state index is 0. The van der Waals surface area contributed by atoms with Gasteiger partial charge in [0.05, 0.1) is 0 Å². The van der Waals surface area contributed by atoms with Crippen molar-refractivity contribution in [2.45, 2.75) is 12.0 Å². The summed E-state index contributed by atoms with van der Waals surface area (Å²) in [7, 11) is 0. The maximum atomic E-state index is 6.04. The molecular weight excluding hydrogens is 351 g/mol. The summed E-state index contributed by atoms with van der Waals surface area (Å²) in [5.74, 6) is 0.452. The van der Waals surface area contributed by atoms with E-state index in [1.165, 1.54) is 16.7 Å². The summed E-state index contributed by atoms with van der Waals surface area (Å²) in [4.78, 5) is 2.62. The van der Waals surface area contributed by atoms with Gasteiger partial charge in [-0.2, -0.15) is 0 Å². The first-order chi connectivity index (χ1) is 10.3. The van der Waals surface area contributed by atoms with E-state index in [1.807, 2.05) is 12.1 Å². The smallest absolute Gasteiger partial charge is 0.0476 e. The Labute approximate surface area is 155 Å². The Morgan fingerprint density at radius 2 is 1.65 bits per heavy atom. The third-order valence-corrected chi connectivity index (χ3v) is 5.03. The van der Waals surface area contributed by atoms with Crippen LogP contribution in [0.3, 0.4) is 0 Å². The molecule has 23 heavy (non-hydrogen) atoms. The molecule has 0 saturated carbocycles. The highest BCUT2D eigenvalue weighted by Crippen LogP contribution is 2.39. The molecule has 2 atom stereocenters. The Bertz CT molecular complexity index is 645. The monoisotopic (exact) mass is 370 g/mol. The number of hydrogen-bond donors (Lipinski definition) is 1. The largest absolute Gasteiger partial charge is 0.314 e. The molecule has 2 heterocycles. The number of nitrogens with zero attached hydrogens (tertiary/aromatic N) is 1. The van der Waals surface area contributed by atoms with Crippen molar-refractivity contribution in [3.05, 3.63) is 70.2 Å². The quantitative estimate of drug-likeness (QED) is 0.805. The molecule has 0 aromatic heterocycles. The maximum absolute atomic E-state index is 6.04. The molecule has 0 bridgehead atoms. The highest BCUT2D eigenvalue weighted by molar-refractivity contribution is 6.30. The molecule has 0 amide bonds. The van der Waals surface area contributed by atoms with Gasteiger partial charge in [0.25, 0.3) is 0 Å². The fourth-order valence-corrected chi connectivity index (χ4v) is 3.84. The molecule has 0 radical (unpaired) electrons. The first kappa shape index (κ1) is 18.6. The standard InChI is InChI=1S/C18H19ClN2.2ClH/c19-14-7-5-13(6-8-14)17-12-21-10-9-20-11-18(21)16-4-2-1-3-15(16)17;;/h1-8,17-18,20H,9-12H2;2*1H/t17-,18+;;/m1../s1. The number of hydrogen-bond acceptors (Lipinski definition) is 2. The van der Waals surface area contributed by atoms with Gasteiger partial charge in [-0.25, -0.2) is 0 Å². The van der Waals surface area contributed by atoms with Gasteiger partial charge in [0, 0.05) is 43.2 Å². The Hall–Kier alpha value is -0.770. The molecule has 2 nitrogen and oxygen atoms in total. The maximum Gasteiger partial charge on any atom is 0.0476 e. The van der Waals surface area contributed by atoms with Crippen molar-refractivity contribution in [2.75, 3.05) is 26.2 Å². The van der Waals surface area contributed by atoms with Crippen LogP contribution in [-0.4, -0.2) is 31.1 Å². The first-order valence-electron chi connectivity index (χ1n) is 7.62. The van der Waals surface area contributed by atoms with Crippen molar-refractivity contribution in [1.29, 1.82) is 0 Å². The van der Waals surface area contributed by atoms with Crippen LogP contribution in [0.15, 0.2) is 48.5 Å². The van der Waals surface area contributed by atoms with Crippen LogP contribution < -0.4 is 5.32 Å². The van der Waals surface area contributed by atoms with E-state index >= 15 is 0 Å². The molecule has 5 heteroatoms. The number of nitrogens with one attached hydrogen (secondary N) is 1. The first-order valence-corrected chi connectivity index (χ1v) is 8.00. The molecule has 1 N–H and O–H groups in total. The van der Waals surface area contributed by atoms with Crippen molar-refractivity contribution in [3.8, 4) is 0 Å². The van der Waals surface area contributed by atoms with Crippen LogP contribution in [0.4, 0.5) is 0 Å². The van der Waals surface area contributed by atoms with Gasteiger partial charge in [0.2, 0.25) is 0 Å². The number of rotatable bonds is 1. The number of piperazine rings is 1. The summed E-state index contributed by atoms with van der Waals surface area (Å²) in [6, 6.07) is 17.8. The van der Waals surface area contributed by atoms with E-state index in [4.69, 9.17) is 11.6 Å². The van der Waals surface area contributed by atoms with Gasteiger partial charge in [-0.05, 0) is 28.8 Å². The van der Waals surface area contributed by atoms with E-state index in [0.29, 0.717) is 12.0 Å². The lowest BCUT2D eigenvalue weighted by Gasteiger charge is -2.44. The normalized spacial score (nSPS) is 23.0. The van der Waals surface area contributed by atoms with Crippen LogP contribution in [0, 0.1) is 0 Å². The third-order valence-electron chi connectivity index (χ3n) is 4.77. The third kappa shape index (κ3) is 3.52. The lowest BCUT2D eigenvalue weighted by Crippen LogP contribution is -2.50. The van der Waals surface area contributed by atoms with Crippen LogP contribution >= 0.6 is 36.4 Å². The molecule has 0 aliphatic carbocycles. The van der Waals surface area contributed by atoms with E-state index in [0.717, 1.165) is 31.2 Å². The minimum atomic E-state index is 0. The lowest BCUT2D eigenvalue weighted by atomic mass is 9.81. The van der Waals surface area contributed by atoms with E-state index in [1.54, 1.807) is 0 Å². The van der Waals surface area contributed by atoms with Gasteiger partial charge >= 0.3 is 0 Å². The van der Waals surface area contributed by atoms with Crippen LogP contribution in [0.25, 0.3) is 0 Å². The van der Waals surface area contributed by atoms with Crippen molar-refractivity contribution in [2.24, 2.45) is 0 Å². The van der Waals surface area contributed by atoms with Gasteiger partial charge in [-0.3, -0.25) is 4.90 Å². The molecule has 2 aliphatic rings. The Morgan fingerprint density at radius 3 is 2.39 bits per heavy atom. The molecule has 0 unspecified atom stereocenters. The number of fused-ring (bicyclic) bond motifs is 3. The highest BCUT2D eigenvalue weighted by Gasteiger charge is 2.34. The zero-order valence-electron chi connectivity index (χ0n) is 12.7. The molecule has 124 valence electrons. The van der Waals surface area contributed by atoms with Gasteiger partial charge in [0.1, 0.15) is 0 Å². The molecular formula is C18H21Cl3N2. The summed E-state index contributed by atoms with van der Waals surface area (Å²) in [5.41, 5.74) is 4.32. The lowest BCUT2D eigenvalue weighted by molar-refractivity contribution is 0.143. The fourth-order valence-electron chi connectivity index (χ4n) is 3.72. The summed E-state index contributed by atoms with van der Waals surface area (Å²) >= 11 is 6.04. The van der Waals surface area contributed by atoms with Crippen LogP contribution in [0.5, 0.6) is 0 Å². The summed E-state index contributed by atoms with van der Waals surface area (Å²) in [6.45, 7) is 4.38. The van der Waals surface area contributed by atoms with Crippen LogP contribution in [0.1, 0.15) is 28.7 Å². The van der Waals surface area contributed by atoms with E-state index < -0.39 is 0 Å². The average molecular weight is 372 g/mol. The second-order valence-corrected chi connectivity index (χ2v) is 6.38. The summed E-state index contributed by atoms with van der Waals surface area (Å²) < 4.78 is 0. The van der Waals surface area contributed by atoms with E-state index in [-0.39, 0.29) is 24.8 Å². The van der Waals surface area contributed by atoms with Crippen LogP contribution in [0.2, 0.25) is 5.02 Å². The van der Waals surface area contributed by atoms with Gasteiger partial charge in [-0.15, -0.1) is 24.8 Å².